The topological polar surface area (TPSA) is 38.0 Å². The fraction of sp³-hybridized carbons (Fsp3) is 1.00. The molecule has 0 aliphatic heterocycles. The van der Waals surface area contributed by atoms with Crippen molar-refractivity contribution in [2.75, 3.05) is 13.1 Å². The summed E-state index contributed by atoms with van der Waals surface area (Å²) in [5, 5.41) is 3.61. The largest absolute Gasteiger partial charge is 0.330 e. The van der Waals surface area contributed by atoms with Crippen molar-refractivity contribution in [2.24, 2.45) is 11.1 Å². The molecule has 0 aromatic carbocycles. The molecule has 0 aromatic heterocycles. The van der Waals surface area contributed by atoms with Crippen LogP contribution in [0.5, 0.6) is 0 Å². The van der Waals surface area contributed by atoms with Crippen LogP contribution in [-0.4, -0.2) is 19.1 Å². The third kappa shape index (κ3) is 2.71. The lowest BCUT2D eigenvalue weighted by Gasteiger charge is -2.36. The molecule has 2 saturated carbocycles. The molecule has 0 spiro atoms. The number of rotatable bonds is 5. The second kappa shape index (κ2) is 4.63. The summed E-state index contributed by atoms with van der Waals surface area (Å²) >= 11 is 0. The molecule has 0 radical (unpaired) electrons. The Morgan fingerprint density at radius 1 is 1.14 bits per heavy atom. The zero-order chi connectivity index (χ0) is 9.86. The van der Waals surface area contributed by atoms with E-state index in [1.165, 1.54) is 57.9 Å². The average Bonchev–Trinajstić information content (AvgIpc) is 3.03. The van der Waals surface area contributed by atoms with Crippen LogP contribution < -0.4 is 11.1 Å². The normalized spacial score (nSPS) is 26.4. The van der Waals surface area contributed by atoms with Gasteiger partial charge in [0.25, 0.3) is 0 Å². The number of nitrogens with two attached hydrogens (primary N) is 1. The maximum absolute atomic E-state index is 5.94. The second-order valence-corrected chi connectivity index (χ2v) is 5.24. The van der Waals surface area contributed by atoms with E-state index in [1.807, 2.05) is 0 Å². The van der Waals surface area contributed by atoms with Crippen LogP contribution in [0.15, 0.2) is 0 Å². The van der Waals surface area contributed by atoms with Gasteiger partial charge in [0.2, 0.25) is 0 Å². The highest BCUT2D eigenvalue weighted by Gasteiger charge is 2.30. The molecule has 3 N–H and O–H groups in total. The van der Waals surface area contributed by atoms with Crippen molar-refractivity contribution in [3.63, 3.8) is 0 Å². The van der Waals surface area contributed by atoms with Gasteiger partial charge in [-0.05, 0) is 50.6 Å². The Balaban J connectivity index is 1.71. The van der Waals surface area contributed by atoms with Crippen LogP contribution in [0.1, 0.15) is 51.4 Å². The first-order valence-corrected chi connectivity index (χ1v) is 6.28. The molecular formula is C12H24N2. The summed E-state index contributed by atoms with van der Waals surface area (Å²) in [4.78, 5) is 0. The fourth-order valence-corrected chi connectivity index (χ4v) is 2.69. The Labute approximate surface area is 87.6 Å². The van der Waals surface area contributed by atoms with Crippen molar-refractivity contribution >= 4 is 0 Å². The van der Waals surface area contributed by atoms with Crippen LogP contribution in [-0.2, 0) is 0 Å². The van der Waals surface area contributed by atoms with Crippen molar-refractivity contribution in [1.82, 2.24) is 5.32 Å². The Morgan fingerprint density at radius 2 is 1.86 bits per heavy atom. The van der Waals surface area contributed by atoms with E-state index in [2.05, 4.69) is 5.32 Å². The van der Waals surface area contributed by atoms with Gasteiger partial charge in [0.15, 0.2) is 0 Å². The van der Waals surface area contributed by atoms with E-state index in [4.69, 9.17) is 5.73 Å². The van der Waals surface area contributed by atoms with E-state index in [0.29, 0.717) is 5.41 Å². The monoisotopic (exact) mass is 196 g/mol. The average molecular weight is 196 g/mol. The van der Waals surface area contributed by atoms with Crippen molar-refractivity contribution in [3.8, 4) is 0 Å². The van der Waals surface area contributed by atoms with Crippen molar-refractivity contribution < 1.29 is 0 Å². The van der Waals surface area contributed by atoms with E-state index in [9.17, 15) is 0 Å². The minimum Gasteiger partial charge on any atom is -0.330 e. The number of nitrogens with one attached hydrogen (secondary N) is 1. The molecule has 2 aliphatic rings. The molecule has 2 aliphatic carbocycles. The fourth-order valence-electron chi connectivity index (χ4n) is 2.69. The Hall–Kier alpha value is -0.0800. The third-order valence-corrected chi connectivity index (χ3v) is 4.01. The molecule has 0 heterocycles. The van der Waals surface area contributed by atoms with Gasteiger partial charge in [0, 0.05) is 6.04 Å². The Morgan fingerprint density at radius 3 is 2.43 bits per heavy atom. The summed E-state index contributed by atoms with van der Waals surface area (Å²) in [6, 6.07) is 0.855. The van der Waals surface area contributed by atoms with Crippen LogP contribution >= 0.6 is 0 Å². The Bertz CT molecular complexity index is 169. The van der Waals surface area contributed by atoms with E-state index in [0.717, 1.165) is 12.6 Å². The van der Waals surface area contributed by atoms with E-state index in [-0.39, 0.29) is 0 Å². The third-order valence-electron chi connectivity index (χ3n) is 4.01. The minimum atomic E-state index is 0.500. The molecule has 2 heteroatoms. The van der Waals surface area contributed by atoms with Gasteiger partial charge in [-0.1, -0.05) is 19.3 Å². The molecule has 2 rings (SSSR count). The van der Waals surface area contributed by atoms with E-state index in [1.54, 1.807) is 0 Å². The zero-order valence-electron chi connectivity index (χ0n) is 9.23. The summed E-state index contributed by atoms with van der Waals surface area (Å²) in [5.74, 6) is 0. The standard InChI is InChI=1S/C12H24N2/c13-10-12(6-2-1-3-7-12)8-9-14-11-4-5-11/h11,14H,1-10,13H2. The maximum atomic E-state index is 5.94. The molecule has 0 bridgehead atoms. The van der Waals surface area contributed by atoms with Crippen molar-refractivity contribution in [2.45, 2.75) is 57.4 Å². The van der Waals surface area contributed by atoms with Crippen LogP contribution in [0.25, 0.3) is 0 Å². The SMILES string of the molecule is NCC1(CCNC2CC2)CCCCC1. The van der Waals surface area contributed by atoms with Gasteiger partial charge in [0.05, 0.1) is 0 Å². The summed E-state index contributed by atoms with van der Waals surface area (Å²) < 4.78 is 0. The lowest BCUT2D eigenvalue weighted by molar-refractivity contribution is 0.181. The highest BCUT2D eigenvalue weighted by Crippen LogP contribution is 2.38. The van der Waals surface area contributed by atoms with Gasteiger partial charge < -0.3 is 11.1 Å². The minimum absolute atomic E-state index is 0.500. The first-order chi connectivity index (χ1) is 6.85. The molecule has 0 aromatic rings. The van der Waals surface area contributed by atoms with Crippen molar-refractivity contribution in [3.05, 3.63) is 0 Å². The van der Waals surface area contributed by atoms with Crippen molar-refractivity contribution in [1.29, 1.82) is 0 Å². The number of hydrogen-bond acceptors (Lipinski definition) is 2. The highest BCUT2D eigenvalue weighted by molar-refractivity contribution is 4.86. The first kappa shape index (κ1) is 10.4. The summed E-state index contributed by atoms with van der Waals surface area (Å²) in [5.41, 5.74) is 6.44. The van der Waals surface area contributed by atoms with Crippen LogP contribution in [0.2, 0.25) is 0 Å². The van der Waals surface area contributed by atoms with Crippen LogP contribution in [0, 0.1) is 5.41 Å². The molecule has 14 heavy (non-hydrogen) atoms. The highest BCUT2D eigenvalue weighted by atomic mass is 14.9. The summed E-state index contributed by atoms with van der Waals surface area (Å²) in [6.07, 6.45) is 11.1. The van der Waals surface area contributed by atoms with Gasteiger partial charge in [-0.15, -0.1) is 0 Å². The second-order valence-electron chi connectivity index (χ2n) is 5.24. The molecule has 2 fully saturated rings. The van der Waals surface area contributed by atoms with Gasteiger partial charge in [-0.25, -0.2) is 0 Å². The Kier molecular flexibility index (Phi) is 3.45. The van der Waals surface area contributed by atoms with Gasteiger partial charge >= 0.3 is 0 Å². The van der Waals surface area contributed by atoms with Gasteiger partial charge in [0.1, 0.15) is 0 Å². The molecule has 2 nitrogen and oxygen atoms in total. The molecule has 0 saturated heterocycles. The molecule has 0 amide bonds. The lowest BCUT2D eigenvalue weighted by Crippen LogP contribution is -2.36. The quantitative estimate of drug-likeness (QED) is 0.706. The van der Waals surface area contributed by atoms with Gasteiger partial charge in [-0.2, -0.15) is 0 Å². The smallest absolute Gasteiger partial charge is 0.00682 e. The summed E-state index contributed by atoms with van der Waals surface area (Å²) in [6.45, 7) is 2.10. The van der Waals surface area contributed by atoms with Crippen LogP contribution in [0.3, 0.4) is 0 Å². The summed E-state index contributed by atoms with van der Waals surface area (Å²) in [7, 11) is 0. The van der Waals surface area contributed by atoms with Crippen LogP contribution in [0.4, 0.5) is 0 Å². The molecule has 0 unspecified atom stereocenters. The predicted octanol–water partition coefficient (Wildman–Crippen LogP) is 2.04. The van der Waals surface area contributed by atoms with E-state index >= 15 is 0 Å². The lowest BCUT2D eigenvalue weighted by atomic mass is 9.72. The first-order valence-electron chi connectivity index (χ1n) is 6.28. The number of hydrogen-bond donors (Lipinski definition) is 2. The predicted molar refractivity (Wildman–Crippen MR) is 60.2 cm³/mol. The van der Waals surface area contributed by atoms with E-state index < -0.39 is 0 Å². The molecule has 0 atom stereocenters. The maximum Gasteiger partial charge on any atom is 0.00682 e. The van der Waals surface area contributed by atoms with Gasteiger partial charge in [-0.3, -0.25) is 0 Å². The molecular weight excluding hydrogens is 172 g/mol. The zero-order valence-corrected chi connectivity index (χ0v) is 9.23. The molecule has 82 valence electrons.